The van der Waals surface area contributed by atoms with Crippen LogP contribution >= 0.6 is 11.3 Å². The number of carbonyl (C=O) groups excluding carboxylic acids is 1. The van der Waals surface area contributed by atoms with E-state index in [-0.39, 0.29) is 17.9 Å². The van der Waals surface area contributed by atoms with Crippen molar-refractivity contribution in [1.82, 2.24) is 10.2 Å². The first-order valence-electron chi connectivity index (χ1n) is 9.21. The summed E-state index contributed by atoms with van der Waals surface area (Å²) in [5, 5.41) is 12.4. The van der Waals surface area contributed by atoms with Crippen molar-refractivity contribution >= 4 is 23.2 Å². The minimum Gasteiger partial charge on any atom is -0.475 e. The van der Waals surface area contributed by atoms with Crippen LogP contribution < -0.4 is 5.32 Å². The Kier molecular flexibility index (Phi) is 6.61. The molecule has 1 amide bonds. The van der Waals surface area contributed by atoms with Crippen LogP contribution in [0.25, 0.3) is 0 Å². The number of aliphatic carboxylic acids is 1. The fourth-order valence-electron chi connectivity index (χ4n) is 3.62. The Hall–Kier alpha value is -1.65. The molecule has 1 aromatic heterocycles. The molecule has 2 aliphatic heterocycles. The number of carboxylic acid groups (broad SMARTS) is 1. The van der Waals surface area contributed by atoms with Gasteiger partial charge in [-0.15, -0.1) is 11.3 Å². The number of fused-ring (bicyclic) bond motifs is 1. The fourth-order valence-corrected chi connectivity index (χ4v) is 4.37. The van der Waals surface area contributed by atoms with Crippen LogP contribution in [0.5, 0.6) is 0 Å². The third-order valence-corrected chi connectivity index (χ3v) is 5.99. The van der Waals surface area contributed by atoms with E-state index in [1.807, 2.05) is 0 Å². The molecule has 2 N–H and O–H groups in total. The molecule has 0 unspecified atom stereocenters. The normalized spacial score (nSPS) is 27.5. The van der Waals surface area contributed by atoms with E-state index in [1.54, 1.807) is 11.3 Å². The van der Waals surface area contributed by atoms with Crippen LogP contribution in [0, 0.1) is 11.8 Å². The Balaban J connectivity index is 0.000000279. The van der Waals surface area contributed by atoms with Crippen LogP contribution in [0.2, 0.25) is 0 Å². The van der Waals surface area contributed by atoms with Crippen molar-refractivity contribution in [2.45, 2.75) is 44.1 Å². The Morgan fingerprint density at radius 3 is 2.57 bits per heavy atom. The van der Waals surface area contributed by atoms with Crippen molar-refractivity contribution in [3.05, 3.63) is 22.4 Å². The van der Waals surface area contributed by atoms with Gasteiger partial charge < -0.3 is 15.2 Å². The van der Waals surface area contributed by atoms with Crippen LogP contribution in [-0.4, -0.2) is 59.9 Å². The Morgan fingerprint density at radius 2 is 2.00 bits per heavy atom. The summed E-state index contributed by atoms with van der Waals surface area (Å²) in [5.41, 5.74) is 0. The molecule has 0 spiro atoms. The topological polar surface area (TPSA) is 78.9 Å². The zero-order valence-corrected chi connectivity index (χ0v) is 16.0. The van der Waals surface area contributed by atoms with E-state index < -0.39 is 12.1 Å². The molecule has 2 saturated heterocycles. The average Bonchev–Trinajstić information content (AvgIpc) is 3.08. The molecule has 3 atom stereocenters. The van der Waals surface area contributed by atoms with Crippen molar-refractivity contribution < 1.29 is 32.6 Å². The summed E-state index contributed by atoms with van der Waals surface area (Å²) in [6.07, 6.45) is -1.49. The molecule has 6 nitrogen and oxygen atoms in total. The standard InChI is InChI=1S/C16H22N2O2S.C2HF3O2/c19-16(17-11-3-4-11)14-9-18(8-12-2-1-7-21-12)10-15-13(14)5-6-20-15;3-2(4,5)1(6)7/h1-2,7,11,13-15H,3-6,8-10H2,(H,17,19);(H,6,7)/t13-,14+,15+;/m0./s1. The molecule has 1 saturated carbocycles. The van der Waals surface area contributed by atoms with Crippen LogP contribution in [0.4, 0.5) is 13.2 Å². The lowest BCUT2D eigenvalue weighted by Crippen LogP contribution is -2.52. The number of piperidine rings is 1. The van der Waals surface area contributed by atoms with E-state index in [2.05, 4.69) is 27.7 Å². The monoisotopic (exact) mass is 420 g/mol. The number of carbonyl (C=O) groups is 2. The number of likely N-dealkylation sites (tertiary alicyclic amines) is 1. The van der Waals surface area contributed by atoms with Gasteiger partial charge in [0.05, 0.1) is 12.0 Å². The molecule has 0 radical (unpaired) electrons. The van der Waals surface area contributed by atoms with Gasteiger partial charge in [-0.2, -0.15) is 13.2 Å². The second-order valence-corrected chi connectivity index (χ2v) is 8.36. The summed E-state index contributed by atoms with van der Waals surface area (Å²) in [7, 11) is 0. The highest BCUT2D eigenvalue weighted by molar-refractivity contribution is 7.09. The van der Waals surface area contributed by atoms with Gasteiger partial charge in [0.25, 0.3) is 0 Å². The molecule has 0 bridgehead atoms. The maximum Gasteiger partial charge on any atom is 0.490 e. The predicted molar refractivity (Wildman–Crippen MR) is 95.8 cm³/mol. The van der Waals surface area contributed by atoms with Gasteiger partial charge in [0.1, 0.15) is 0 Å². The molecule has 10 heteroatoms. The molecule has 28 heavy (non-hydrogen) atoms. The summed E-state index contributed by atoms with van der Waals surface area (Å²) < 4.78 is 37.6. The predicted octanol–water partition coefficient (Wildman–Crippen LogP) is 2.50. The number of ether oxygens (including phenoxy) is 1. The van der Waals surface area contributed by atoms with Crippen molar-refractivity contribution in [2.24, 2.45) is 11.8 Å². The van der Waals surface area contributed by atoms with E-state index in [9.17, 15) is 18.0 Å². The number of hydrogen-bond donors (Lipinski definition) is 2. The highest BCUT2D eigenvalue weighted by atomic mass is 32.1. The van der Waals surface area contributed by atoms with Crippen molar-refractivity contribution in [2.75, 3.05) is 19.7 Å². The van der Waals surface area contributed by atoms with Crippen LogP contribution in [0.1, 0.15) is 24.1 Å². The quantitative estimate of drug-likeness (QED) is 0.783. The number of carboxylic acids is 1. The Bertz CT molecular complexity index is 679. The first-order chi connectivity index (χ1) is 13.2. The first kappa shape index (κ1) is 21.1. The smallest absolute Gasteiger partial charge is 0.475 e. The Labute approximate surface area is 164 Å². The number of amides is 1. The number of nitrogens with zero attached hydrogens (tertiary/aromatic N) is 1. The van der Waals surface area contributed by atoms with E-state index in [0.717, 1.165) is 45.5 Å². The van der Waals surface area contributed by atoms with Gasteiger partial charge in [-0.25, -0.2) is 4.79 Å². The van der Waals surface area contributed by atoms with Gasteiger partial charge in [-0.3, -0.25) is 9.69 Å². The number of alkyl halides is 3. The van der Waals surface area contributed by atoms with Gasteiger partial charge in [-0.1, -0.05) is 6.07 Å². The van der Waals surface area contributed by atoms with E-state index in [4.69, 9.17) is 14.6 Å². The lowest BCUT2D eigenvalue weighted by atomic mass is 9.82. The minimum absolute atomic E-state index is 0.104. The molecule has 4 rings (SSSR count). The highest BCUT2D eigenvalue weighted by Crippen LogP contribution is 2.35. The largest absolute Gasteiger partial charge is 0.490 e. The summed E-state index contributed by atoms with van der Waals surface area (Å²) in [6.45, 7) is 3.60. The molecule has 3 fully saturated rings. The maximum atomic E-state index is 12.5. The first-order valence-corrected chi connectivity index (χ1v) is 10.1. The number of hydrogen-bond acceptors (Lipinski definition) is 5. The van der Waals surface area contributed by atoms with Gasteiger partial charge >= 0.3 is 12.1 Å². The summed E-state index contributed by atoms with van der Waals surface area (Å²) in [4.78, 5) is 25.2. The fraction of sp³-hybridized carbons (Fsp3) is 0.667. The number of halogens is 3. The third-order valence-electron chi connectivity index (χ3n) is 5.13. The van der Waals surface area contributed by atoms with Gasteiger partial charge in [0.2, 0.25) is 5.91 Å². The number of thiophene rings is 1. The molecule has 3 aliphatic rings. The second-order valence-electron chi connectivity index (χ2n) is 7.33. The second kappa shape index (κ2) is 8.79. The molecule has 1 aliphatic carbocycles. The molecular formula is C18H23F3N2O4S. The molecule has 1 aromatic rings. The summed E-state index contributed by atoms with van der Waals surface area (Å²) in [6, 6.07) is 4.72. The van der Waals surface area contributed by atoms with Crippen molar-refractivity contribution in [1.29, 1.82) is 0 Å². The van der Waals surface area contributed by atoms with Crippen molar-refractivity contribution in [3.8, 4) is 0 Å². The van der Waals surface area contributed by atoms with Crippen LogP contribution in [0.3, 0.4) is 0 Å². The van der Waals surface area contributed by atoms with Gasteiger partial charge in [-0.05, 0) is 30.7 Å². The zero-order valence-electron chi connectivity index (χ0n) is 15.2. The van der Waals surface area contributed by atoms with Gasteiger partial charge in [0, 0.05) is 43.1 Å². The van der Waals surface area contributed by atoms with Gasteiger partial charge in [0.15, 0.2) is 0 Å². The Morgan fingerprint density at radius 1 is 1.29 bits per heavy atom. The zero-order chi connectivity index (χ0) is 20.3. The highest BCUT2D eigenvalue weighted by Gasteiger charge is 2.44. The lowest BCUT2D eigenvalue weighted by Gasteiger charge is -2.39. The number of nitrogens with one attached hydrogen (secondary N) is 1. The van der Waals surface area contributed by atoms with E-state index in [1.165, 1.54) is 4.88 Å². The summed E-state index contributed by atoms with van der Waals surface area (Å²) >= 11 is 1.79. The van der Waals surface area contributed by atoms with Crippen LogP contribution in [-0.2, 0) is 20.9 Å². The third kappa shape index (κ3) is 5.68. The molecule has 156 valence electrons. The molecular weight excluding hydrogens is 397 g/mol. The lowest BCUT2D eigenvalue weighted by molar-refractivity contribution is -0.192. The number of rotatable bonds is 4. The molecule has 0 aromatic carbocycles. The molecule has 3 heterocycles. The van der Waals surface area contributed by atoms with Crippen molar-refractivity contribution in [3.63, 3.8) is 0 Å². The SMILES string of the molecule is O=C(NC1CC1)[C@@H]1CN(Cc2cccs2)C[C@H]2OCC[C@H]21.O=C(O)C(F)(F)F. The van der Waals surface area contributed by atoms with Crippen LogP contribution in [0.15, 0.2) is 17.5 Å². The summed E-state index contributed by atoms with van der Waals surface area (Å²) in [5.74, 6) is -1.98. The maximum absolute atomic E-state index is 12.5. The minimum atomic E-state index is -5.08. The van der Waals surface area contributed by atoms with E-state index in [0.29, 0.717) is 12.0 Å². The average molecular weight is 420 g/mol. The van der Waals surface area contributed by atoms with E-state index >= 15 is 0 Å².